The molecule has 0 aromatic rings. The van der Waals surface area contributed by atoms with Gasteiger partial charge in [-0.05, 0) is 12.3 Å². The van der Waals surface area contributed by atoms with Gasteiger partial charge in [0.25, 0.3) is 0 Å². The van der Waals surface area contributed by atoms with Crippen LogP contribution in [0.3, 0.4) is 0 Å². The number of nitrogens with zero attached hydrogens (tertiary/aromatic N) is 1. The Bertz CT molecular complexity index is 455. The minimum atomic E-state index is -1.09. The van der Waals surface area contributed by atoms with E-state index in [0.717, 1.165) is 12.8 Å². The molecule has 4 unspecified atom stereocenters. The fraction of sp³-hybridized carbons (Fsp3) is 0.800. The van der Waals surface area contributed by atoms with Crippen molar-refractivity contribution in [1.82, 2.24) is 16.2 Å². The Kier molecular flexibility index (Phi) is 7.93. The summed E-state index contributed by atoms with van der Waals surface area (Å²) in [6.07, 6.45) is 1.91. The number of hydrogen-bond acceptors (Lipinski definition) is 6. The van der Waals surface area contributed by atoms with E-state index in [1.807, 2.05) is 13.8 Å². The van der Waals surface area contributed by atoms with Gasteiger partial charge in [-0.15, -0.1) is 5.10 Å². The lowest BCUT2D eigenvalue weighted by Crippen LogP contribution is -2.53. The Morgan fingerprint density at radius 1 is 1.33 bits per heavy atom. The summed E-state index contributed by atoms with van der Waals surface area (Å²) in [5, 5.41) is 37.7. The number of aliphatic hydroxyl groups is 1. The highest BCUT2D eigenvalue weighted by Gasteiger charge is 2.50. The van der Waals surface area contributed by atoms with E-state index in [2.05, 4.69) is 15.7 Å². The molecule has 1 aliphatic rings. The third-order valence-corrected chi connectivity index (χ3v) is 4.85. The molecule has 0 saturated heterocycles. The Hall–Kier alpha value is -1.87. The van der Waals surface area contributed by atoms with Gasteiger partial charge in [0.15, 0.2) is 0 Å². The molecule has 24 heavy (non-hydrogen) atoms. The van der Waals surface area contributed by atoms with Crippen molar-refractivity contribution in [3.63, 3.8) is 0 Å². The lowest BCUT2D eigenvalue weighted by atomic mass is 9.80. The molecule has 0 radical (unpaired) electrons. The molecule has 0 heterocycles. The van der Waals surface area contributed by atoms with Gasteiger partial charge in [0.2, 0.25) is 5.91 Å². The number of carboxylic acid groups (broad SMARTS) is 1. The highest BCUT2D eigenvalue weighted by Crippen LogP contribution is 2.37. The zero-order chi connectivity index (χ0) is 18.3. The largest absolute Gasteiger partial charge is 0.481 e. The maximum atomic E-state index is 11.6. The topological polar surface area (TPSA) is 143 Å². The second-order valence-corrected chi connectivity index (χ2v) is 6.18. The predicted octanol–water partition coefficient (Wildman–Crippen LogP) is -0.111. The maximum absolute atomic E-state index is 11.6. The Balaban J connectivity index is 3.12. The van der Waals surface area contributed by atoms with Crippen LogP contribution in [0, 0.1) is 17.8 Å². The summed E-state index contributed by atoms with van der Waals surface area (Å²) in [4.78, 5) is 23.1. The first-order valence-corrected chi connectivity index (χ1v) is 8.21. The van der Waals surface area contributed by atoms with Gasteiger partial charge in [0, 0.05) is 24.9 Å². The molecule has 1 aliphatic carbocycles. The summed E-state index contributed by atoms with van der Waals surface area (Å²) in [5.74, 6) is -2.58. The first-order chi connectivity index (χ1) is 11.4. The van der Waals surface area contributed by atoms with Crippen molar-refractivity contribution in [2.24, 2.45) is 22.9 Å². The lowest BCUT2D eigenvalue weighted by Gasteiger charge is -2.36. The summed E-state index contributed by atoms with van der Waals surface area (Å²) >= 11 is 0. The number of carbonyl (C=O) groups excluding carboxylic acids is 1. The van der Waals surface area contributed by atoms with Crippen molar-refractivity contribution in [2.75, 3.05) is 0 Å². The minimum absolute atomic E-state index is 0.110. The van der Waals surface area contributed by atoms with Gasteiger partial charge >= 0.3 is 5.97 Å². The molecular weight excluding hydrogens is 316 g/mol. The third kappa shape index (κ3) is 4.81. The van der Waals surface area contributed by atoms with E-state index >= 15 is 0 Å². The lowest BCUT2D eigenvalue weighted by molar-refractivity contribution is -0.145. The second-order valence-electron chi connectivity index (χ2n) is 6.18. The molecule has 138 valence electrons. The molecular formula is C15H28N4O5. The molecule has 9 nitrogen and oxygen atoms in total. The fourth-order valence-corrected chi connectivity index (χ4v) is 3.69. The monoisotopic (exact) mass is 344 g/mol. The van der Waals surface area contributed by atoms with Crippen LogP contribution in [0.2, 0.25) is 0 Å². The summed E-state index contributed by atoms with van der Waals surface area (Å²) in [6, 6.07) is -0.750. The molecule has 1 saturated carbocycles. The van der Waals surface area contributed by atoms with Crippen molar-refractivity contribution < 1.29 is 25.0 Å². The van der Waals surface area contributed by atoms with E-state index in [4.69, 9.17) is 5.21 Å². The van der Waals surface area contributed by atoms with Crippen molar-refractivity contribution in [2.45, 2.75) is 58.2 Å². The van der Waals surface area contributed by atoms with Gasteiger partial charge in [-0.3, -0.25) is 14.8 Å². The standard InChI is InChI=1S/C15H28N4O5/c1-4-9(5-2)13(18-8(3)20)12-11(16-7-17-19-24)6-10(14(12)21)15(22)23/h7,9-14,19,21,24H,4-6H2,1-3H3,(H,16,17)(H,18,20)(H,22,23)/t10?,11?,12?,13-,14?/m0/s1. The van der Waals surface area contributed by atoms with Crippen LogP contribution in [0.15, 0.2) is 5.10 Å². The Labute approximate surface area is 141 Å². The van der Waals surface area contributed by atoms with Crippen molar-refractivity contribution >= 4 is 18.2 Å². The predicted molar refractivity (Wildman–Crippen MR) is 87.3 cm³/mol. The molecule has 0 aromatic heterocycles. The van der Waals surface area contributed by atoms with E-state index in [9.17, 15) is 19.8 Å². The molecule has 1 fully saturated rings. The number of hydrogen-bond donors (Lipinski definition) is 6. The zero-order valence-electron chi connectivity index (χ0n) is 14.3. The third-order valence-electron chi connectivity index (χ3n) is 4.85. The van der Waals surface area contributed by atoms with Gasteiger partial charge in [-0.1, -0.05) is 26.7 Å². The molecule has 6 N–H and O–H groups in total. The van der Waals surface area contributed by atoms with E-state index in [1.54, 1.807) is 5.59 Å². The van der Waals surface area contributed by atoms with Crippen LogP contribution in [-0.2, 0) is 9.59 Å². The number of hydrazone groups is 1. The number of amides is 1. The van der Waals surface area contributed by atoms with Crippen LogP contribution < -0.4 is 16.2 Å². The van der Waals surface area contributed by atoms with E-state index in [0.29, 0.717) is 0 Å². The molecule has 9 heteroatoms. The van der Waals surface area contributed by atoms with Gasteiger partial charge in [-0.25, -0.2) is 0 Å². The highest BCUT2D eigenvalue weighted by molar-refractivity contribution is 5.74. The molecule has 1 rings (SSSR count). The van der Waals surface area contributed by atoms with Crippen molar-refractivity contribution in [3.05, 3.63) is 0 Å². The Morgan fingerprint density at radius 2 is 1.96 bits per heavy atom. The van der Waals surface area contributed by atoms with Crippen LogP contribution in [0.4, 0.5) is 0 Å². The molecule has 5 atom stereocenters. The van der Waals surface area contributed by atoms with E-state index in [1.165, 1.54) is 13.3 Å². The number of carbonyl (C=O) groups is 2. The Morgan fingerprint density at radius 3 is 2.42 bits per heavy atom. The normalized spacial score (nSPS) is 28.1. The summed E-state index contributed by atoms with van der Waals surface area (Å²) < 4.78 is 0. The number of nitrogens with one attached hydrogen (secondary N) is 3. The van der Waals surface area contributed by atoms with E-state index < -0.39 is 30.0 Å². The van der Waals surface area contributed by atoms with Gasteiger partial charge < -0.3 is 20.8 Å². The second kappa shape index (κ2) is 9.43. The van der Waals surface area contributed by atoms with Crippen molar-refractivity contribution in [3.8, 4) is 0 Å². The minimum Gasteiger partial charge on any atom is -0.481 e. The van der Waals surface area contributed by atoms with Crippen LogP contribution in [0.25, 0.3) is 0 Å². The van der Waals surface area contributed by atoms with Gasteiger partial charge in [-0.2, -0.15) is 5.59 Å². The zero-order valence-corrected chi connectivity index (χ0v) is 14.3. The quantitative estimate of drug-likeness (QED) is 0.194. The summed E-state index contributed by atoms with van der Waals surface area (Å²) in [5.41, 5.74) is 1.62. The number of aliphatic carboxylic acids is 1. The fourth-order valence-electron chi connectivity index (χ4n) is 3.69. The van der Waals surface area contributed by atoms with Crippen LogP contribution in [0.1, 0.15) is 40.0 Å². The maximum Gasteiger partial charge on any atom is 0.309 e. The van der Waals surface area contributed by atoms with Crippen LogP contribution >= 0.6 is 0 Å². The highest BCUT2D eigenvalue weighted by atomic mass is 16.5. The number of aliphatic hydroxyl groups excluding tert-OH is 1. The summed E-state index contributed by atoms with van der Waals surface area (Å²) in [7, 11) is 0. The smallest absolute Gasteiger partial charge is 0.309 e. The average Bonchev–Trinajstić information content (AvgIpc) is 2.84. The molecule has 0 aromatic carbocycles. The first-order valence-electron chi connectivity index (χ1n) is 8.21. The number of rotatable bonds is 9. The molecule has 0 spiro atoms. The molecule has 1 amide bonds. The van der Waals surface area contributed by atoms with Crippen LogP contribution in [-0.4, -0.2) is 51.8 Å². The number of carboxylic acids is 1. The molecule has 0 bridgehead atoms. The average molecular weight is 344 g/mol. The first kappa shape index (κ1) is 20.2. The van der Waals surface area contributed by atoms with Crippen LogP contribution in [0.5, 0.6) is 0 Å². The van der Waals surface area contributed by atoms with Gasteiger partial charge in [0.1, 0.15) is 6.34 Å². The summed E-state index contributed by atoms with van der Waals surface area (Å²) in [6.45, 7) is 5.40. The SMILES string of the molecule is CCC(CC)[C@H](NC(C)=O)C1C(NC=NNO)CC(C(=O)O)C1O. The molecule has 0 aliphatic heterocycles. The van der Waals surface area contributed by atoms with E-state index in [-0.39, 0.29) is 24.3 Å². The van der Waals surface area contributed by atoms with Crippen molar-refractivity contribution in [1.29, 1.82) is 0 Å². The van der Waals surface area contributed by atoms with Gasteiger partial charge in [0.05, 0.1) is 12.0 Å².